The number of carbonyl (C=O) groups excluding carboxylic acids is 1. The zero-order chi connectivity index (χ0) is 23.4. The van der Waals surface area contributed by atoms with Gasteiger partial charge in [0.25, 0.3) is 5.71 Å². The molecular weight excluding hydrogens is 420 g/mol. The van der Waals surface area contributed by atoms with Gasteiger partial charge in [-0.05, 0) is 47.9 Å². The molecule has 2 aromatic carbocycles. The van der Waals surface area contributed by atoms with Crippen molar-refractivity contribution in [1.82, 2.24) is 4.90 Å². The Morgan fingerprint density at radius 2 is 1.85 bits per heavy atom. The number of hydrogen-bond donors (Lipinski definition) is 1. The second-order valence-electron chi connectivity index (χ2n) is 8.45. The van der Waals surface area contributed by atoms with Crippen LogP contribution in [0.25, 0.3) is 5.57 Å². The maximum Gasteiger partial charge on any atom is 0.346 e. The second-order valence-corrected chi connectivity index (χ2v) is 8.45. The van der Waals surface area contributed by atoms with Crippen molar-refractivity contribution in [1.29, 1.82) is 0 Å². The van der Waals surface area contributed by atoms with Crippen LogP contribution < -0.4 is 4.74 Å². The molecular formula is C26H31N2O5+. The van der Waals surface area contributed by atoms with Crippen LogP contribution in [0.15, 0.2) is 54.1 Å². The predicted octanol–water partition coefficient (Wildman–Crippen LogP) is 2.99. The second kappa shape index (κ2) is 10.2. The molecule has 0 amide bonds. The first-order valence-corrected chi connectivity index (χ1v) is 11.3. The minimum atomic E-state index is -0.467. The van der Waals surface area contributed by atoms with E-state index < -0.39 is 5.97 Å². The molecule has 4 rings (SSSR count). The molecule has 1 fully saturated rings. The summed E-state index contributed by atoms with van der Waals surface area (Å²) in [6.07, 6.45) is -0.282. The molecule has 7 heteroatoms. The highest BCUT2D eigenvalue weighted by Gasteiger charge is 2.41. The van der Waals surface area contributed by atoms with Gasteiger partial charge < -0.3 is 14.2 Å². The van der Waals surface area contributed by atoms with Gasteiger partial charge in [0.2, 0.25) is 0 Å². The summed E-state index contributed by atoms with van der Waals surface area (Å²) < 4.78 is 18.0. The Labute approximate surface area is 194 Å². The summed E-state index contributed by atoms with van der Waals surface area (Å²) in [5.41, 5.74) is 3.97. The molecule has 0 unspecified atom stereocenters. The summed E-state index contributed by atoms with van der Waals surface area (Å²) in [6, 6.07) is 15.4. The Bertz CT molecular complexity index is 1070. The van der Waals surface area contributed by atoms with Crippen LogP contribution in [0, 0.1) is 0 Å². The molecule has 0 bridgehead atoms. The van der Waals surface area contributed by atoms with Crippen molar-refractivity contribution in [3.63, 3.8) is 0 Å². The Hall–Kier alpha value is -3.16. The average molecular weight is 452 g/mol. The largest absolute Gasteiger partial charge is 0.492 e. The third-order valence-corrected chi connectivity index (χ3v) is 5.72. The fourth-order valence-electron chi connectivity index (χ4n) is 4.24. The maximum absolute atomic E-state index is 13.2. The highest BCUT2D eigenvalue weighted by Crippen LogP contribution is 2.40. The van der Waals surface area contributed by atoms with E-state index >= 15 is 0 Å². The van der Waals surface area contributed by atoms with E-state index in [4.69, 9.17) is 14.2 Å². The molecule has 0 saturated carbocycles. The van der Waals surface area contributed by atoms with Gasteiger partial charge in [0, 0.05) is 25.2 Å². The van der Waals surface area contributed by atoms with Crippen LogP contribution in [0.1, 0.15) is 30.5 Å². The monoisotopic (exact) mass is 451 g/mol. The third kappa shape index (κ3) is 5.10. The van der Waals surface area contributed by atoms with E-state index in [2.05, 4.69) is 4.90 Å². The van der Waals surface area contributed by atoms with E-state index in [9.17, 15) is 10.0 Å². The fourth-order valence-corrected chi connectivity index (χ4v) is 4.24. The smallest absolute Gasteiger partial charge is 0.346 e. The third-order valence-electron chi connectivity index (χ3n) is 5.72. The molecule has 174 valence electrons. The van der Waals surface area contributed by atoms with Crippen LogP contribution >= 0.6 is 0 Å². The highest BCUT2D eigenvalue weighted by molar-refractivity contribution is 6.35. The zero-order valence-electron chi connectivity index (χ0n) is 19.4. The number of hydroxylamine groups is 1. The van der Waals surface area contributed by atoms with Gasteiger partial charge in [-0.2, -0.15) is 0 Å². The van der Waals surface area contributed by atoms with Gasteiger partial charge >= 0.3 is 5.97 Å². The molecule has 1 aliphatic heterocycles. The normalized spacial score (nSPS) is 17.8. The van der Waals surface area contributed by atoms with Crippen LogP contribution in [0.4, 0.5) is 0 Å². The van der Waals surface area contributed by atoms with Crippen molar-refractivity contribution in [3.8, 4) is 5.75 Å². The van der Waals surface area contributed by atoms with Crippen molar-refractivity contribution < 1.29 is 29.0 Å². The molecule has 0 aromatic heterocycles. The molecule has 7 nitrogen and oxygen atoms in total. The number of carbonyl (C=O) groups is 1. The first-order chi connectivity index (χ1) is 16.0. The predicted molar refractivity (Wildman–Crippen MR) is 125 cm³/mol. The molecule has 0 spiro atoms. The minimum Gasteiger partial charge on any atom is -0.492 e. The molecule has 1 heterocycles. The lowest BCUT2D eigenvalue weighted by Crippen LogP contribution is -2.38. The van der Waals surface area contributed by atoms with Gasteiger partial charge in [-0.15, -0.1) is 0 Å². The number of ether oxygens (including phenoxy) is 3. The highest BCUT2D eigenvalue weighted by atomic mass is 16.5. The van der Waals surface area contributed by atoms with E-state index in [1.165, 1.54) is 7.05 Å². The van der Waals surface area contributed by atoms with Gasteiger partial charge in [-0.3, -0.25) is 10.1 Å². The topological polar surface area (TPSA) is 71.2 Å². The average Bonchev–Trinajstić information content (AvgIpc) is 3.15. The van der Waals surface area contributed by atoms with Crippen molar-refractivity contribution in [2.24, 2.45) is 0 Å². The van der Waals surface area contributed by atoms with E-state index in [-0.39, 0.29) is 6.10 Å². The van der Waals surface area contributed by atoms with Crippen LogP contribution in [0.5, 0.6) is 5.75 Å². The molecule has 33 heavy (non-hydrogen) atoms. The van der Waals surface area contributed by atoms with Crippen LogP contribution in [0.3, 0.4) is 0 Å². The number of fused-ring (bicyclic) bond motifs is 1. The number of rotatable bonds is 7. The van der Waals surface area contributed by atoms with E-state index in [1.807, 2.05) is 62.4 Å². The number of hydrogen-bond acceptors (Lipinski definition) is 6. The first-order valence-electron chi connectivity index (χ1n) is 11.3. The summed E-state index contributed by atoms with van der Waals surface area (Å²) in [5, 5.41) is 10.5. The summed E-state index contributed by atoms with van der Waals surface area (Å²) in [6.45, 7) is 8.31. The molecule has 0 atom stereocenters. The van der Waals surface area contributed by atoms with Gasteiger partial charge in [0.15, 0.2) is 7.05 Å². The summed E-state index contributed by atoms with van der Waals surface area (Å²) in [5.74, 6) is 0.220. The van der Waals surface area contributed by atoms with E-state index in [0.717, 1.165) is 59.9 Å². The maximum atomic E-state index is 13.2. The lowest BCUT2D eigenvalue weighted by molar-refractivity contribution is -0.753. The van der Waals surface area contributed by atoms with Crippen molar-refractivity contribution in [2.45, 2.75) is 20.0 Å². The van der Waals surface area contributed by atoms with Gasteiger partial charge in [0.05, 0.1) is 24.9 Å². The number of morpholine rings is 1. The van der Waals surface area contributed by atoms with E-state index in [0.29, 0.717) is 23.6 Å². The SMILES string of the molecule is CC(C)OC(=O)C1=C(c2ccccc2)c2ccc(OCCN3CCOCC3)cc2/C1=[N+](/C)O. The van der Waals surface area contributed by atoms with Crippen molar-refractivity contribution >= 4 is 17.3 Å². The zero-order valence-corrected chi connectivity index (χ0v) is 19.4. The number of benzene rings is 2. The Balaban J connectivity index is 1.68. The molecule has 2 aliphatic rings. The Morgan fingerprint density at radius 3 is 2.52 bits per heavy atom. The van der Waals surface area contributed by atoms with Gasteiger partial charge in [0.1, 0.15) is 17.9 Å². The Morgan fingerprint density at radius 1 is 1.12 bits per heavy atom. The summed E-state index contributed by atoms with van der Waals surface area (Å²) in [4.78, 5) is 15.5. The van der Waals surface area contributed by atoms with Crippen LogP contribution in [-0.4, -0.2) is 79.1 Å². The van der Waals surface area contributed by atoms with Crippen molar-refractivity contribution in [2.75, 3.05) is 46.5 Å². The van der Waals surface area contributed by atoms with Crippen molar-refractivity contribution in [3.05, 3.63) is 70.8 Å². The number of nitrogens with zero attached hydrogens (tertiary/aromatic N) is 2. The van der Waals surface area contributed by atoms with Crippen LogP contribution in [-0.2, 0) is 14.3 Å². The Kier molecular flexibility index (Phi) is 7.11. The molecule has 0 radical (unpaired) electrons. The van der Waals surface area contributed by atoms with E-state index in [1.54, 1.807) is 0 Å². The standard InChI is InChI=1S/C26H31N2O5/c1-18(2)33-26(29)24-23(19-7-5-4-6-8-19)21-10-9-20(17-22(21)25(24)27(3)30)32-16-13-28-11-14-31-15-12-28/h4-10,17-18,30H,11-16H2,1-3H3/q+1/b27-25+. The van der Waals surface area contributed by atoms with Gasteiger partial charge in [-0.1, -0.05) is 30.3 Å². The first kappa shape index (κ1) is 23.0. The van der Waals surface area contributed by atoms with Crippen LogP contribution in [0.2, 0.25) is 0 Å². The fraction of sp³-hybridized carbons (Fsp3) is 0.385. The quantitative estimate of drug-likeness (QED) is 0.302. The molecule has 2 aromatic rings. The van der Waals surface area contributed by atoms with Gasteiger partial charge in [-0.25, -0.2) is 4.79 Å². The molecule has 1 aliphatic carbocycles. The lowest BCUT2D eigenvalue weighted by atomic mass is 9.97. The summed E-state index contributed by atoms with van der Waals surface area (Å²) in [7, 11) is 1.52. The molecule has 1 saturated heterocycles. The minimum absolute atomic E-state index is 0.282. The number of esters is 1. The molecule has 1 N–H and O–H groups in total. The summed E-state index contributed by atoms with van der Waals surface area (Å²) >= 11 is 0. The lowest BCUT2D eigenvalue weighted by Gasteiger charge is -2.26.